The molecule has 0 fully saturated rings. The van der Waals surface area contributed by atoms with Crippen molar-refractivity contribution in [1.82, 2.24) is 5.32 Å². The Kier molecular flexibility index (Phi) is 10.2. The summed E-state index contributed by atoms with van der Waals surface area (Å²) >= 11 is 1.88. The Bertz CT molecular complexity index is 165. The lowest BCUT2D eigenvalue weighted by Gasteiger charge is -2.11. The minimum Gasteiger partial charge on any atom is -0.480 e. The van der Waals surface area contributed by atoms with Crippen LogP contribution in [0.25, 0.3) is 0 Å². The summed E-state index contributed by atoms with van der Waals surface area (Å²) < 4.78 is 0. The van der Waals surface area contributed by atoms with Gasteiger partial charge in [-0.1, -0.05) is 19.8 Å². The second kappa shape index (κ2) is 10.3. The number of nitrogens with one attached hydrogen (secondary N) is 1. The summed E-state index contributed by atoms with van der Waals surface area (Å²) in [5, 5.41) is 11.8. The van der Waals surface area contributed by atoms with E-state index in [2.05, 4.69) is 11.6 Å². The molecule has 90 valence electrons. The van der Waals surface area contributed by atoms with Crippen molar-refractivity contribution in [3.05, 3.63) is 0 Å². The molecule has 0 aromatic rings. The van der Waals surface area contributed by atoms with Gasteiger partial charge < -0.3 is 10.4 Å². The van der Waals surface area contributed by atoms with Crippen LogP contribution in [-0.4, -0.2) is 35.7 Å². The zero-order valence-corrected chi connectivity index (χ0v) is 10.6. The fourth-order valence-electron chi connectivity index (χ4n) is 1.41. The van der Waals surface area contributed by atoms with E-state index >= 15 is 0 Å². The largest absolute Gasteiger partial charge is 0.480 e. The van der Waals surface area contributed by atoms with Crippen molar-refractivity contribution in [2.45, 2.75) is 45.1 Å². The highest BCUT2D eigenvalue weighted by molar-refractivity contribution is 7.98. The van der Waals surface area contributed by atoms with Gasteiger partial charge in [0.2, 0.25) is 0 Å². The highest BCUT2D eigenvalue weighted by Crippen LogP contribution is 2.04. The van der Waals surface area contributed by atoms with Gasteiger partial charge in [-0.2, -0.15) is 11.8 Å². The fraction of sp³-hybridized carbons (Fsp3) is 0.909. The van der Waals surface area contributed by atoms with E-state index in [1.165, 1.54) is 25.0 Å². The minimum atomic E-state index is -0.736. The lowest BCUT2D eigenvalue weighted by Crippen LogP contribution is -2.36. The van der Waals surface area contributed by atoms with Gasteiger partial charge in [-0.15, -0.1) is 0 Å². The van der Waals surface area contributed by atoms with Crippen LogP contribution in [0.4, 0.5) is 0 Å². The zero-order chi connectivity index (χ0) is 11.5. The van der Waals surface area contributed by atoms with Crippen LogP contribution < -0.4 is 5.32 Å². The summed E-state index contributed by atoms with van der Waals surface area (Å²) in [7, 11) is 0. The number of carboxylic acids is 1. The van der Waals surface area contributed by atoms with Gasteiger partial charge in [-0.05, 0) is 37.8 Å². The van der Waals surface area contributed by atoms with Crippen molar-refractivity contribution in [3.63, 3.8) is 0 Å². The van der Waals surface area contributed by atoms with E-state index in [1.807, 2.05) is 18.7 Å². The van der Waals surface area contributed by atoms with E-state index in [-0.39, 0.29) is 6.04 Å². The van der Waals surface area contributed by atoms with Crippen molar-refractivity contribution in [3.8, 4) is 0 Å². The summed E-state index contributed by atoms with van der Waals surface area (Å²) in [5.74, 6) is 0.500. The van der Waals surface area contributed by atoms with E-state index in [9.17, 15) is 4.79 Å². The predicted molar refractivity (Wildman–Crippen MR) is 66.6 cm³/mol. The monoisotopic (exact) mass is 233 g/mol. The molecule has 4 heteroatoms. The zero-order valence-electron chi connectivity index (χ0n) is 9.79. The number of rotatable bonds is 10. The van der Waals surface area contributed by atoms with Gasteiger partial charge in [0.25, 0.3) is 0 Å². The fourth-order valence-corrected chi connectivity index (χ4v) is 1.90. The maximum absolute atomic E-state index is 10.7. The molecular formula is C11H23NO2S. The van der Waals surface area contributed by atoms with Crippen LogP contribution in [-0.2, 0) is 4.79 Å². The molecule has 0 amide bonds. The number of hydrogen-bond donors (Lipinski definition) is 2. The number of unbranched alkanes of at least 4 members (excludes halogenated alkanes) is 3. The summed E-state index contributed by atoms with van der Waals surface area (Å²) in [6.07, 6.45) is 7.59. The molecule has 0 aliphatic carbocycles. The molecule has 0 saturated heterocycles. The number of aliphatic carboxylic acids is 1. The molecule has 0 aliphatic rings. The van der Waals surface area contributed by atoms with Crippen molar-refractivity contribution in [2.24, 2.45) is 0 Å². The second-order valence-electron chi connectivity index (χ2n) is 3.66. The van der Waals surface area contributed by atoms with Crippen LogP contribution in [0.2, 0.25) is 0 Å². The lowest BCUT2D eigenvalue weighted by molar-refractivity contribution is -0.139. The smallest absolute Gasteiger partial charge is 0.320 e. The number of carbonyl (C=O) groups is 1. The summed E-state index contributed by atoms with van der Waals surface area (Å²) in [4.78, 5) is 10.7. The quantitative estimate of drug-likeness (QED) is 0.569. The lowest BCUT2D eigenvalue weighted by atomic mass is 10.2. The Balaban J connectivity index is 3.25. The molecule has 2 N–H and O–H groups in total. The van der Waals surface area contributed by atoms with Crippen LogP contribution >= 0.6 is 11.8 Å². The normalized spacial score (nSPS) is 12.7. The molecule has 1 atom stereocenters. The second-order valence-corrected chi connectivity index (χ2v) is 4.65. The van der Waals surface area contributed by atoms with Gasteiger partial charge in [-0.25, -0.2) is 0 Å². The Labute approximate surface area is 97.0 Å². The SMILES string of the molecule is CCC(NCCCCCCSC)C(=O)O. The highest BCUT2D eigenvalue weighted by atomic mass is 32.2. The van der Waals surface area contributed by atoms with Crippen molar-refractivity contribution < 1.29 is 9.90 Å². The molecule has 0 rings (SSSR count). The Hall–Kier alpha value is -0.220. The first-order chi connectivity index (χ1) is 7.22. The molecular weight excluding hydrogens is 210 g/mol. The Morgan fingerprint density at radius 1 is 1.33 bits per heavy atom. The third kappa shape index (κ3) is 8.75. The van der Waals surface area contributed by atoms with Gasteiger partial charge in [0.1, 0.15) is 6.04 Å². The predicted octanol–water partition coefficient (Wildman–Crippen LogP) is 2.36. The van der Waals surface area contributed by atoms with Gasteiger partial charge in [-0.3, -0.25) is 4.79 Å². The molecule has 0 heterocycles. The highest BCUT2D eigenvalue weighted by Gasteiger charge is 2.12. The molecule has 15 heavy (non-hydrogen) atoms. The van der Waals surface area contributed by atoms with Gasteiger partial charge in [0.15, 0.2) is 0 Å². The molecule has 0 aliphatic heterocycles. The van der Waals surface area contributed by atoms with Crippen LogP contribution in [0.3, 0.4) is 0 Å². The molecule has 1 unspecified atom stereocenters. The van der Waals surface area contributed by atoms with E-state index in [4.69, 9.17) is 5.11 Å². The van der Waals surface area contributed by atoms with Gasteiger partial charge in [0, 0.05) is 0 Å². The molecule has 0 spiro atoms. The van der Waals surface area contributed by atoms with Crippen molar-refractivity contribution in [2.75, 3.05) is 18.6 Å². The van der Waals surface area contributed by atoms with Gasteiger partial charge in [0.05, 0.1) is 0 Å². The number of hydrogen-bond acceptors (Lipinski definition) is 3. The summed E-state index contributed by atoms with van der Waals surface area (Å²) in [6.45, 7) is 2.72. The topological polar surface area (TPSA) is 49.3 Å². The molecule has 0 radical (unpaired) electrons. The summed E-state index contributed by atoms with van der Waals surface area (Å²) in [6, 6.07) is -0.365. The maximum Gasteiger partial charge on any atom is 0.320 e. The van der Waals surface area contributed by atoms with Crippen LogP contribution in [0.1, 0.15) is 39.0 Å². The first-order valence-corrected chi connectivity index (χ1v) is 7.06. The van der Waals surface area contributed by atoms with E-state index in [0.717, 1.165) is 13.0 Å². The number of thioether (sulfide) groups is 1. The van der Waals surface area contributed by atoms with Crippen molar-refractivity contribution in [1.29, 1.82) is 0 Å². The number of carboxylic acid groups (broad SMARTS) is 1. The molecule has 0 bridgehead atoms. The van der Waals surface area contributed by atoms with Crippen LogP contribution in [0.5, 0.6) is 0 Å². The minimum absolute atomic E-state index is 0.365. The molecule has 0 aromatic heterocycles. The van der Waals surface area contributed by atoms with Gasteiger partial charge >= 0.3 is 5.97 Å². The Morgan fingerprint density at radius 3 is 2.53 bits per heavy atom. The van der Waals surface area contributed by atoms with E-state index in [1.54, 1.807) is 0 Å². The molecule has 0 saturated carbocycles. The maximum atomic E-state index is 10.7. The van der Waals surface area contributed by atoms with E-state index in [0.29, 0.717) is 6.42 Å². The third-order valence-corrected chi connectivity index (χ3v) is 3.07. The first-order valence-electron chi connectivity index (χ1n) is 5.67. The summed E-state index contributed by atoms with van der Waals surface area (Å²) in [5.41, 5.74) is 0. The molecule has 0 aromatic carbocycles. The van der Waals surface area contributed by atoms with Crippen molar-refractivity contribution >= 4 is 17.7 Å². The molecule has 3 nitrogen and oxygen atoms in total. The van der Waals surface area contributed by atoms with E-state index < -0.39 is 5.97 Å². The van der Waals surface area contributed by atoms with Crippen LogP contribution in [0.15, 0.2) is 0 Å². The Morgan fingerprint density at radius 2 is 2.00 bits per heavy atom. The average Bonchev–Trinajstić information content (AvgIpc) is 2.21. The third-order valence-electron chi connectivity index (χ3n) is 2.37. The van der Waals surface area contributed by atoms with Crippen LogP contribution in [0, 0.1) is 0 Å². The average molecular weight is 233 g/mol. The first kappa shape index (κ1) is 14.8. The standard InChI is InChI=1S/C11H23NO2S/c1-3-10(11(13)14)12-8-6-4-5-7-9-15-2/h10,12H,3-9H2,1-2H3,(H,13,14).